The van der Waals surface area contributed by atoms with E-state index < -0.39 is 40.3 Å². The molecule has 2 aromatic heterocycles. The summed E-state index contributed by atoms with van der Waals surface area (Å²) in [7, 11) is 0. The molecule has 0 N–H and O–H groups in total. The lowest BCUT2D eigenvalue weighted by atomic mass is 9.93. The molecule has 0 saturated carbocycles. The molecule has 0 spiro atoms. The molecule has 2 aromatic rings. The molecule has 134 valence electrons. The summed E-state index contributed by atoms with van der Waals surface area (Å²) < 4.78 is 70.3. The Morgan fingerprint density at radius 1 is 1.08 bits per heavy atom. The summed E-state index contributed by atoms with van der Waals surface area (Å²) >= 11 is 1.48. The van der Waals surface area contributed by atoms with Crippen LogP contribution < -0.4 is 4.74 Å². The lowest BCUT2D eigenvalue weighted by molar-refractivity contribution is -0.155. The van der Waals surface area contributed by atoms with Gasteiger partial charge in [0.25, 0.3) is 5.92 Å². The van der Waals surface area contributed by atoms with Crippen LogP contribution in [-0.2, 0) is 11.3 Å². The van der Waals surface area contributed by atoms with Crippen LogP contribution in [0.3, 0.4) is 0 Å². The molecule has 4 nitrogen and oxygen atoms in total. The largest absolute Gasteiger partial charge is 0.455 e. The molecule has 0 bridgehead atoms. The lowest BCUT2D eigenvalue weighted by Crippen LogP contribution is -2.23. The number of halogens is 6. The molecule has 2 heterocycles. The maximum absolute atomic E-state index is 13.9. The Labute approximate surface area is 148 Å². The van der Waals surface area contributed by atoms with Crippen molar-refractivity contribution in [2.45, 2.75) is 38.3 Å². The van der Waals surface area contributed by atoms with E-state index in [1.54, 1.807) is 0 Å². The molecular weight excluding hydrogens is 448 g/mol. The normalized spacial score (nSPS) is 13.5. The molecule has 2 rings (SSSR count). The first-order chi connectivity index (χ1) is 10.8. The van der Waals surface area contributed by atoms with Crippen molar-refractivity contribution in [3.05, 3.63) is 23.7 Å². The van der Waals surface area contributed by atoms with Crippen molar-refractivity contribution in [3.63, 3.8) is 0 Å². The van der Waals surface area contributed by atoms with Crippen molar-refractivity contribution in [3.8, 4) is 6.01 Å². The number of fused-ring (bicyclic) bond motifs is 1. The van der Waals surface area contributed by atoms with Gasteiger partial charge in [-0.15, -0.1) is 0 Å². The number of hydrogen-bond acceptors (Lipinski definition) is 3. The second kappa shape index (κ2) is 6.26. The van der Waals surface area contributed by atoms with Crippen molar-refractivity contribution in [1.29, 1.82) is 0 Å². The van der Waals surface area contributed by atoms with Crippen molar-refractivity contribution < 1.29 is 26.7 Å². The Morgan fingerprint density at radius 3 is 2.21 bits per heavy atom. The predicted molar refractivity (Wildman–Crippen MR) is 86.0 cm³/mol. The number of ether oxygens (including phenoxy) is 1. The van der Waals surface area contributed by atoms with Gasteiger partial charge in [0.1, 0.15) is 11.3 Å². The van der Waals surface area contributed by atoms with Crippen LogP contribution in [0.1, 0.15) is 32.2 Å². The summed E-state index contributed by atoms with van der Waals surface area (Å²) in [4.78, 5) is 7.81. The van der Waals surface area contributed by atoms with Crippen LogP contribution in [0.4, 0.5) is 22.0 Å². The van der Waals surface area contributed by atoms with Crippen LogP contribution in [0.2, 0.25) is 0 Å². The van der Waals surface area contributed by atoms with Gasteiger partial charge >= 0.3 is 12.2 Å². The molecule has 24 heavy (non-hydrogen) atoms. The van der Waals surface area contributed by atoms with Gasteiger partial charge in [-0.1, -0.05) is 43.4 Å². The number of imidazole rings is 1. The summed E-state index contributed by atoms with van der Waals surface area (Å²) in [5.74, 6) is -3.30. The van der Waals surface area contributed by atoms with Gasteiger partial charge in [-0.2, -0.15) is 26.9 Å². The van der Waals surface area contributed by atoms with Gasteiger partial charge in [0.05, 0.1) is 10.1 Å². The quantitative estimate of drug-likeness (QED) is 0.381. The fourth-order valence-electron chi connectivity index (χ4n) is 1.83. The number of alkyl halides is 6. The zero-order chi connectivity index (χ0) is 18.3. The second-order valence-electron chi connectivity index (χ2n) is 6.27. The van der Waals surface area contributed by atoms with Gasteiger partial charge in [0, 0.05) is 17.7 Å². The van der Waals surface area contributed by atoms with Gasteiger partial charge in [0.15, 0.2) is 6.61 Å². The zero-order valence-corrected chi connectivity index (χ0v) is 15.2. The molecule has 0 radical (unpaired) electrons. The average Bonchev–Trinajstić information content (AvgIpc) is 2.87. The van der Waals surface area contributed by atoms with E-state index in [0.29, 0.717) is 5.69 Å². The number of hydrogen-bond donors (Lipinski definition) is 0. The summed E-state index contributed by atoms with van der Waals surface area (Å²) in [6, 6.07) is 0.501. The Morgan fingerprint density at radius 2 is 1.71 bits per heavy atom. The first-order valence-corrected chi connectivity index (χ1v) is 8.40. The van der Waals surface area contributed by atoms with Crippen LogP contribution in [0.15, 0.2) is 12.3 Å². The third kappa shape index (κ3) is 4.25. The minimum Gasteiger partial charge on any atom is -0.455 e. The smallest absolute Gasteiger partial charge is 0.422 e. The molecule has 0 aromatic carbocycles. The van der Waals surface area contributed by atoms with E-state index in [9.17, 15) is 22.0 Å². The molecule has 0 aliphatic heterocycles. The van der Waals surface area contributed by atoms with Crippen molar-refractivity contribution in [2.24, 2.45) is 0 Å². The maximum atomic E-state index is 13.9. The molecule has 0 atom stereocenters. The van der Waals surface area contributed by atoms with Crippen LogP contribution in [0, 0.1) is 0 Å². The first-order valence-electron chi connectivity index (χ1n) is 6.88. The molecule has 0 aliphatic rings. The Kier molecular flexibility index (Phi) is 4.99. The monoisotopic (exact) mass is 463 g/mol. The minimum atomic E-state index is -4.61. The topological polar surface area (TPSA) is 39.4 Å². The van der Waals surface area contributed by atoms with E-state index >= 15 is 0 Å². The maximum Gasteiger partial charge on any atom is 0.422 e. The molecule has 0 saturated heterocycles. The molecule has 0 fully saturated rings. The molecule has 0 unspecified atom stereocenters. The highest BCUT2D eigenvalue weighted by molar-refractivity contribution is 14.1. The Bertz CT molecular complexity index is 736. The summed E-state index contributed by atoms with van der Waals surface area (Å²) in [5.41, 5.74) is -0.505. The standard InChI is InChI=1S/C14H15F5IN3O/c1-12(2,3)9-5-23-10(21-9)4-8(13(15,16)6-20)22-11(23)24-7-14(17,18)19/h4-5H,6-7H2,1-3H3. The molecule has 0 aliphatic carbocycles. The van der Waals surface area contributed by atoms with Crippen molar-refractivity contribution >= 4 is 28.2 Å². The van der Waals surface area contributed by atoms with E-state index in [0.717, 1.165) is 10.5 Å². The zero-order valence-electron chi connectivity index (χ0n) is 13.1. The van der Waals surface area contributed by atoms with Gasteiger partial charge in [0.2, 0.25) is 0 Å². The average molecular weight is 463 g/mol. The highest BCUT2D eigenvalue weighted by atomic mass is 127. The van der Waals surface area contributed by atoms with Gasteiger partial charge < -0.3 is 4.74 Å². The SMILES string of the molecule is CC(C)(C)c1cn2c(OCC(F)(F)F)nc(C(F)(F)CI)cc2n1. The van der Waals surface area contributed by atoms with Crippen LogP contribution in [0.25, 0.3) is 5.65 Å². The third-order valence-corrected chi connectivity index (χ3v) is 4.06. The van der Waals surface area contributed by atoms with Gasteiger partial charge in [-0.3, -0.25) is 4.40 Å². The van der Waals surface area contributed by atoms with Crippen molar-refractivity contribution in [2.75, 3.05) is 11.0 Å². The highest BCUT2D eigenvalue weighted by Gasteiger charge is 2.35. The van der Waals surface area contributed by atoms with E-state index in [-0.39, 0.29) is 5.65 Å². The second-order valence-corrected chi connectivity index (χ2v) is 7.03. The summed E-state index contributed by atoms with van der Waals surface area (Å²) in [6.07, 6.45) is -3.16. The summed E-state index contributed by atoms with van der Waals surface area (Å²) in [6.45, 7) is 3.91. The first kappa shape index (κ1) is 19.1. The number of rotatable bonds is 4. The Hall–Kier alpha value is -1.20. The fourth-order valence-corrected chi connectivity index (χ4v) is 2.22. The predicted octanol–water partition coefficient (Wildman–Crippen LogP) is 4.49. The van der Waals surface area contributed by atoms with Crippen molar-refractivity contribution in [1.82, 2.24) is 14.4 Å². The minimum absolute atomic E-state index is 0.0617. The van der Waals surface area contributed by atoms with E-state index in [1.165, 1.54) is 28.8 Å². The molecule has 0 amide bonds. The summed E-state index contributed by atoms with van der Waals surface area (Å²) in [5, 5.41) is 0. The fraction of sp³-hybridized carbons (Fsp3) is 0.571. The van der Waals surface area contributed by atoms with Gasteiger partial charge in [-0.25, -0.2) is 4.98 Å². The van der Waals surface area contributed by atoms with Crippen LogP contribution in [-0.4, -0.2) is 31.6 Å². The van der Waals surface area contributed by atoms with Gasteiger partial charge in [-0.05, 0) is 0 Å². The van der Waals surface area contributed by atoms with E-state index in [1.807, 2.05) is 20.8 Å². The van der Waals surface area contributed by atoms with Crippen LogP contribution in [0.5, 0.6) is 6.01 Å². The lowest BCUT2D eigenvalue weighted by Gasteiger charge is -2.15. The molecular formula is C14H15F5IN3O. The van der Waals surface area contributed by atoms with E-state index in [2.05, 4.69) is 14.7 Å². The number of aromatic nitrogens is 3. The third-order valence-electron chi connectivity index (χ3n) is 3.10. The van der Waals surface area contributed by atoms with E-state index in [4.69, 9.17) is 0 Å². The number of nitrogens with zero attached hydrogens (tertiary/aromatic N) is 3. The van der Waals surface area contributed by atoms with Crippen LogP contribution >= 0.6 is 22.6 Å². The highest BCUT2D eigenvalue weighted by Crippen LogP contribution is 2.32. The molecule has 10 heteroatoms. The Balaban J connectivity index is 2.60.